The number of carbonyl (C=O) groups is 1. The van der Waals surface area contributed by atoms with Crippen LogP contribution in [-0.2, 0) is 11.4 Å². The average Bonchev–Trinajstić information content (AvgIpc) is 2.43. The lowest BCUT2D eigenvalue weighted by atomic mass is 10.0. The van der Waals surface area contributed by atoms with E-state index in [0.717, 1.165) is 16.3 Å². The largest absolute Gasteiger partial charge is 0.492 e. The summed E-state index contributed by atoms with van der Waals surface area (Å²) in [7, 11) is 0. The summed E-state index contributed by atoms with van der Waals surface area (Å²) in [5.74, 6) is -0.168. The highest BCUT2D eigenvalue weighted by Crippen LogP contribution is 2.28. The van der Waals surface area contributed by atoms with E-state index in [1.54, 1.807) is 6.92 Å². The molecule has 0 saturated heterocycles. The molecule has 0 aliphatic rings. The zero-order valence-electron chi connectivity index (χ0n) is 10.8. The van der Waals surface area contributed by atoms with Gasteiger partial charge in [0, 0.05) is 5.56 Å². The van der Waals surface area contributed by atoms with Crippen molar-refractivity contribution in [1.29, 1.82) is 0 Å². The normalized spacial score (nSPS) is 12.3. The number of hydrogen-bond acceptors (Lipinski definition) is 3. The van der Waals surface area contributed by atoms with Crippen LogP contribution in [0, 0.1) is 5.92 Å². The first-order chi connectivity index (χ1) is 9.13. The van der Waals surface area contributed by atoms with Crippen molar-refractivity contribution in [3.05, 3.63) is 42.0 Å². The molecule has 1 amide bonds. The number of fused-ring (bicyclic) bond motifs is 1. The molecule has 2 aromatic rings. The molecule has 1 atom stereocenters. The van der Waals surface area contributed by atoms with E-state index in [0.29, 0.717) is 5.75 Å². The summed E-state index contributed by atoms with van der Waals surface area (Å²) in [5.41, 5.74) is 5.92. The molecule has 0 spiro atoms. The Morgan fingerprint density at radius 1 is 1.32 bits per heavy atom. The smallest absolute Gasteiger partial charge is 0.223 e. The summed E-state index contributed by atoms with van der Waals surface area (Å²) >= 11 is 0. The van der Waals surface area contributed by atoms with Gasteiger partial charge in [0.2, 0.25) is 5.91 Å². The quantitative estimate of drug-likeness (QED) is 0.860. The Morgan fingerprint density at radius 3 is 2.74 bits per heavy atom. The fraction of sp³-hybridized carbons (Fsp3) is 0.267. The number of amides is 1. The second-order valence-electron chi connectivity index (χ2n) is 4.54. The van der Waals surface area contributed by atoms with Gasteiger partial charge in [-0.1, -0.05) is 37.3 Å². The third-order valence-corrected chi connectivity index (χ3v) is 3.13. The minimum Gasteiger partial charge on any atom is -0.492 e. The van der Waals surface area contributed by atoms with Crippen LogP contribution < -0.4 is 10.5 Å². The van der Waals surface area contributed by atoms with Crippen LogP contribution in [0.25, 0.3) is 10.8 Å². The molecule has 0 bridgehead atoms. The van der Waals surface area contributed by atoms with Crippen molar-refractivity contribution in [1.82, 2.24) is 0 Å². The number of aliphatic hydroxyl groups excluding tert-OH is 1. The van der Waals surface area contributed by atoms with Gasteiger partial charge in [0.25, 0.3) is 0 Å². The van der Waals surface area contributed by atoms with Gasteiger partial charge in [-0.05, 0) is 16.8 Å². The summed E-state index contributed by atoms with van der Waals surface area (Å²) in [4.78, 5) is 11.0. The molecule has 0 fully saturated rings. The van der Waals surface area contributed by atoms with Crippen molar-refractivity contribution in [2.75, 3.05) is 6.61 Å². The second kappa shape index (κ2) is 5.71. The first-order valence-electron chi connectivity index (χ1n) is 6.17. The van der Waals surface area contributed by atoms with Crippen molar-refractivity contribution in [3.63, 3.8) is 0 Å². The zero-order valence-corrected chi connectivity index (χ0v) is 10.8. The highest BCUT2D eigenvalue weighted by Gasteiger charge is 2.12. The fourth-order valence-electron chi connectivity index (χ4n) is 1.91. The number of ether oxygens (including phenoxy) is 1. The molecule has 0 aliphatic heterocycles. The predicted molar refractivity (Wildman–Crippen MR) is 73.7 cm³/mol. The molecular formula is C15H17NO3. The number of nitrogens with two attached hydrogens (primary N) is 1. The van der Waals surface area contributed by atoms with Crippen molar-refractivity contribution in [3.8, 4) is 5.75 Å². The van der Waals surface area contributed by atoms with E-state index < -0.39 is 5.91 Å². The highest BCUT2D eigenvalue weighted by atomic mass is 16.5. The molecule has 2 aromatic carbocycles. The maximum absolute atomic E-state index is 11.0. The SMILES string of the molecule is CC(COc1ccc2ccccc2c1CO)C(N)=O. The Morgan fingerprint density at radius 2 is 2.05 bits per heavy atom. The summed E-state index contributed by atoms with van der Waals surface area (Å²) in [6, 6.07) is 11.5. The van der Waals surface area contributed by atoms with Crippen LogP contribution in [-0.4, -0.2) is 17.6 Å². The van der Waals surface area contributed by atoms with E-state index >= 15 is 0 Å². The molecular weight excluding hydrogens is 242 g/mol. The Bertz CT molecular complexity index is 595. The molecule has 2 rings (SSSR count). The van der Waals surface area contributed by atoms with Crippen LogP contribution >= 0.6 is 0 Å². The van der Waals surface area contributed by atoms with E-state index in [1.807, 2.05) is 36.4 Å². The molecule has 4 heteroatoms. The number of hydrogen-bond donors (Lipinski definition) is 2. The maximum Gasteiger partial charge on any atom is 0.223 e. The van der Waals surface area contributed by atoms with Crippen molar-refractivity contribution < 1.29 is 14.6 Å². The van der Waals surface area contributed by atoms with Gasteiger partial charge in [-0.2, -0.15) is 0 Å². The average molecular weight is 259 g/mol. The summed E-state index contributed by atoms with van der Waals surface area (Å²) in [6.45, 7) is 1.81. The van der Waals surface area contributed by atoms with Gasteiger partial charge in [0.1, 0.15) is 5.75 Å². The molecule has 0 radical (unpaired) electrons. The third kappa shape index (κ3) is 2.85. The van der Waals surface area contributed by atoms with Gasteiger partial charge in [-0.25, -0.2) is 0 Å². The van der Waals surface area contributed by atoms with E-state index in [-0.39, 0.29) is 19.1 Å². The Kier molecular flexibility index (Phi) is 4.02. The molecule has 1 unspecified atom stereocenters. The molecule has 0 saturated carbocycles. The first-order valence-corrected chi connectivity index (χ1v) is 6.17. The number of rotatable bonds is 5. The molecule has 3 N–H and O–H groups in total. The summed E-state index contributed by atoms with van der Waals surface area (Å²) < 4.78 is 5.60. The standard InChI is InChI=1S/C15H17NO3/c1-10(15(16)18)9-19-14-7-6-11-4-2-3-5-12(11)13(14)8-17/h2-7,10,17H,8-9H2,1H3,(H2,16,18). The first kappa shape index (κ1) is 13.4. The second-order valence-corrected chi connectivity index (χ2v) is 4.54. The van der Waals surface area contributed by atoms with Gasteiger partial charge in [0.15, 0.2) is 0 Å². The van der Waals surface area contributed by atoms with Gasteiger partial charge in [-0.3, -0.25) is 4.79 Å². The van der Waals surface area contributed by atoms with Crippen LogP contribution in [0.5, 0.6) is 5.75 Å². The fourth-order valence-corrected chi connectivity index (χ4v) is 1.91. The van der Waals surface area contributed by atoms with E-state index in [4.69, 9.17) is 10.5 Å². The van der Waals surface area contributed by atoms with Crippen LogP contribution in [0.2, 0.25) is 0 Å². The van der Waals surface area contributed by atoms with Crippen LogP contribution in [0.3, 0.4) is 0 Å². The maximum atomic E-state index is 11.0. The summed E-state index contributed by atoms with van der Waals surface area (Å²) in [5, 5.41) is 11.5. The van der Waals surface area contributed by atoms with Crippen LogP contribution in [0.4, 0.5) is 0 Å². The zero-order chi connectivity index (χ0) is 13.8. The molecule has 19 heavy (non-hydrogen) atoms. The lowest BCUT2D eigenvalue weighted by molar-refractivity contribution is -0.122. The van der Waals surface area contributed by atoms with E-state index in [2.05, 4.69) is 0 Å². The number of benzene rings is 2. The molecule has 100 valence electrons. The van der Waals surface area contributed by atoms with E-state index in [1.165, 1.54) is 0 Å². The van der Waals surface area contributed by atoms with Crippen molar-refractivity contribution in [2.45, 2.75) is 13.5 Å². The highest BCUT2D eigenvalue weighted by molar-refractivity contribution is 5.87. The minimum absolute atomic E-state index is 0.109. The van der Waals surface area contributed by atoms with Crippen molar-refractivity contribution >= 4 is 16.7 Å². The Balaban J connectivity index is 2.30. The van der Waals surface area contributed by atoms with Gasteiger partial charge in [-0.15, -0.1) is 0 Å². The molecule has 0 heterocycles. The lowest BCUT2D eigenvalue weighted by Gasteiger charge is -2.14. The lowest BCUT2D eigenvalue weighted by Crippen LogP contribution is -2.26. The number of aliphatic hydroxyl groups is 1. The third-order valence-electron chi connectivity index (χ3n) is 3.13. The van der Waals surface area contributed by atoms with Gasteiger partial charge in [0.05, 0.1) is 19.1 Å². The monoisotopic (exact) mass is 259 g/mol. The number of primary amides is 1. The Hall–Kier alpha value is -2.07. The van der Waals surface area contributed by atoms with Gasteiger partial charge < -0.3 is 15.6 Å². The van der Waals surface area contributed by atoms with E-state index in [9.17, 15) is 9.90 Å². The molecule has 4 nitrogen and oxygen atoms in total. The topological polar surface area (TPSA) is 72.6 Å². The van der Waals surface area contributed by atoms with Crippen molar-refractivity contribution in [2.24, 2.45) is 11.7 Å². The Labute approximate surface area is 111 Å². The van der Waals surface area contributed by atoms with Crippen LogP contribution in [0.1, 0.15) is 12.5 Å². The number of carbonyl (C=O) groups excluding carboxylic acids is 1. The van der Waals surface area contributed by atoms with Crippen LogP contribution in [0.15, 0.2) is 36.4 Å². The van der Waals surface area contributed by atoms with Gasteiger partial charge >= 0.3 is 0 Å². The predicted octanol–water partition coefficient (Wildman–Crippen LogP) is 1.83. The minimum atomic E-state index is -0.397. The molecule has 0 aromatic heterocycles. The molecule has 0 aliphatic carbocycles. The summed E-state index contributed by atoms with van der Waals surface area (Å²) in [6.07, 6.45) is 0.